The molecule has 0 aliphatic carbocycles. The molecule has 3 aromatic carbocycles. The molecule has 5 nitrogen and oxygen atoms in total. The van der Waals surface area contributed by atoms with Gasteiger partial charge in [-0.05, 0) is 43.7 Å². The van der Waals surface area contributed by atoms with E-state index in [0.717, 1.165) is 11.1 Å². The summed E-state index contributed by atoms with van der Waals surface area (Å²) < 4.78 is 6.85. The lowest BCUT2D eigenvalue weighted by Crippen LogP contribution is -2.26. The van der Waals surface area contributed by atoms with E-state index in [0.29, 0.717) is 22.2 Å². The predicted molar refractivity (Wildman–Crippen MR) is 108 cm³/mol. The number of esters is 1. The summed E-state index contributed by atoms with van der Waals surface area (Å²) in [7, 11) is 0. The fraction of sp³-hybridized carbons (Fsp3) is 0.0870. The van der Waals surface area contributed by atoms with Crippen LogP contribution in [0.25, 0.3) is 16.5 Å². The molecule has 0 aliphatic heterocycles. The van der Waals surface area contributed by atoms with Crippen LogP contribution in [0.2, 0.25) is 0 Å². The Labute approximate surface area is 161 Å². The molecule has 0 atom stereocenters. The largest absolute Gasteiger partial charge is 0.421 e. The Bertz CT molecular complexity index is 1240. The number of para-hydroxylation sites is 1. The number of hydrogen-bond acceptors (Lipinski definition) is 4. The van der Waals surface area contributed by atoms with Gasteiger partial charge in [-0.3, -0.25) is 4.79 Å². The second-order valence-corrected chi connectivity index (χ2v) is 6.61. The summed E-state index contributed by atoms with van der Waals surface area (Å²) in [6.07, 6.45) is 0. The van der Waals surface area contributed by atoms with Gasteiger partial charge in [-0.2, -0.15) is 9.78 Å². The number of nitrogens with zero attached hydrogens (tertiary/aromatic N) is 2. The van der Waals surface area contributed by atoms with Gasteiger partial charge in [-0.15, -0.1) is 0 Å². The van der Waals surface area contributed by atoms with E-state index >= 15 is 0 Å². The number of aromatic nitrogens is 2. The quantitative estimate of drug-likeness (QED) is 0.400. The lowest BCUT2D eigenvalue weighted by atomic mass is 10.1. The standard InChI is InChI=1S/C23H18N2O3/c1-15-12-13-20(16(2)14-15)28-23(27)21-18-10-6-7-11-19(18)22(26)25(24-21)17-8-4-3-5-9-17/h3-14H,1-2H3. The van der Waals surface area contributed by atoms with Crippen molar-refractivity contribution in [2.24, 2.45) is 0 Å². The lowest BCUT2D eigenvalue weighted by molar-refractivity contribution is 0.0727. The van der Waals surface area contributed by atoms with Gasteiger partial charge in [-0.1, -0.05) is 54.1 Å². The van der Waals surface area contributed by atoms with Crippen molar-refractivity contribution in [1.29, 1.82) is 0 Å². The monoisotopic (exact) mass is 370 g/mol. The van der Waals surface area contributed by atoms with Gasteiger partial charge in [0.2, 0.25) is 0 Å². The third kappa shape index (κ3) is 3.18. The van der Waals surface area contributed by atoms with Gasteiger partial charge in [0.25, 0.3) is 5.56 Å². The minimum Gasteiger partial charge on any atom is -0.421 e. The average Bonchev–Trinajstić information content (AvgIpc) is 2.71. The SMILES string of the molecule is Cc1ccc(OC(=O)c2nn(-c3ccccc3)c(=O)c3ccccc23)c(C)c1. The second kappa shape index (κ2) is 7.12. The van der Waals surface area contributed by atoms with Crippen LogP contribution in [0.1, 0.15) is 21.6 Å². The van der Waals surface area contributed by atoms with Crippen LogP contribution in [0.3, 0.4) is 0 Å². The summed E-state index contributed by atoms with van der Waals surface area (Å²) in [5.74, 6) is -0.133. The Morgan fingerprint density at radius 2 is 1.57 bits per heavy atom. The zero-order valence-corrected chi connectivity index (χ0v) is 15.5. The van der Waals surface area contributed by atoms with E-state index in [1.165, 1.54) is 4.68 Å². The highest BCUT2D eigenvalue weighted by Crippen LogP contribution is 2.22. The summed E-state index contributed by atoms with van der Waals surface area (Å²) in [5.41, 5.74) is 2.33. The third-order valence-electron chi connectivity index (χ3n) is 4.53. The van der Waals surface area contributed by atoms with Gasteiger partial charge in [0, 0.05) is 5.39 Å². The molecule has 28 heavy (non-hydrogen) atoms. The first-order valence-electron chi connectivity index (χ1n) is 8.91. The molecule has 4 aromatic rings. The molecular formula is C23H18N2O3. The molecule has 0 amide bonds. The van der Waals surface area contributed by atoms with E-state index in [1.54, 1.807) is 42.5 Å². The number of aryl methyl sites for hydroxylation is 2. The molecule has 5 heteroatoms. The Balaban J connectivity index is 1.87. The molecule has 0 radical (unpaired) electrons. The molecule has 1 aromatic heterocycles. The number of carbonyl (C=O) groups is 1. The number of ether oxygens (including phenoxy) is 1. The summed E-state index contributed by atoms with van der Waals surface area (Å²) in [5, 5.41) is 5.22. The Morgan fingerprint density at radius 1 is 0.893 bits per heavy atom. The zero-order valence-electron chi connectivity index (χ0n) is 15.5. The molecule has 0 saturated heterocycles. The van der Waals surface area contributed by atoms with Gasteiger partial charge in [0.05, 0.1) is 11.1 Å². The first kappa shape index (κ1) is 17.7. The maximum atomic E-state index is 13.0. The molecule has 1 heterocycles. The highest BCUT2D eigenvalue weighted by molar-refractivity contribution is 6.03. The Kier molecular flexibility index (Phi) is 4.49. The second-order valence-electron chi connectivity index (χ2n) is 6.61. The molecule has 0 N–H and O–H groups in total. The highest BCUT2D eigenvalue weighted by Gasteiger charge is 2.20. The van der Waals surface area contributed by atoms with E-state index in [-0.39, 0.29) is 11.3 Å². The number of benzene rings is 3. The van der Waals surface area contributed by atoms with Crippen LogP contribution in [0.5, 0.6) is 5.75 Å². The van der Waals surface area contributed by atoms with E-state index in [1.807, 2.05) is 44.2 Å². The third-order valence-corrected chi connectivity index (χ3v) is 4.53. The molecule has 0 saturated carbocycles. The first-order chi connectivity index (χ1) is 13.5. The number of rotatable bonds is 3. The molecule has 0 bridgehead atoms. The predicted octanol–water partition coefficient (Wildman–Crippen LogP) is 4.22. The van der Waals surface area contributed by atoms with Crippen molar-refractivity contribution in [1.82, 2.24) is 9.78 Å². The van der Waals surface area contributed by atoms with Crippen LogP contribution >= 0.6 is 0 Å². The van der Waals surface area contributed by atoms with Crippen LogP contribution in [0.4, 0.5) is 0 Å². The van der Waals surface area contributed by atoms with Crippen LogP contribution in [-0.2, 0) is 0 Å². The molecule has 0 fully saturated rings. The van der Waals surface area contributed by atoms with Gasteiger partial charge in [0.15, 0.2) is 5.69 Å². The van der Waals surface area contributed by atoms with Crippen molar-refractivity contribution < 1.29 is 9.53 Å². The first-order valence-corrected chi connectivity index (χ1v) is 8.91. The van der Waals surface area contributed by atoms with Crippen molar-refractivity contribution in [3.63, 3.8) is 0 Å². The van der Waals surface area contributed by atoms with E-state index in [9.17, 15) is 9.59 Å². The van der Waals surface area contributed by atoms with E-state index in [2.05, 4.69) is 5.10 Å². The maximum Gasteiger partial charge on any atom is 0.364 e. The van der Waals surface area contributed by atoms with Gasteiger partial charge in [0.1, 0.15) is 5.75 Å². The van der Waals surface area contributed by atoms with Crippen LogP contribution < -0.4 is 10.3 Å². The van der Waals surface area contributed by atoms with Crippen molar-refractivity contribution in [3.8, 4) is 11.4 Å². The molecule has 0 unspecified atom stereocenters. The number of carbonyl (C=O) groups excluding carboxylic acids is 1. The van der Waals surface area contributed by atoms with Gasteiger partial charge < -0.3 is 4.74 Å². The average molecular weight is 370 g/mol. The van der Waals surface area contributed by atoms with Gasteiger partial charge >= 0.3 is 5.97 Å². The van der Waals surface area contributed by atoms with Gasteiger partial charge in [-0.25, -0.2) is 4.79 Å². The zero-order chi connectivity index (χ0) is 19.7. The normalized spacial score (nSPS) is 10.8. The Hall–Kier alpha value is -3.73. The molecule has 0 spiro atoms. The van der Waals surface area contributed by atoms with Crippen molar-refractivity contribution in [2.45, 2.75) is 13.8 Å². The van der Waals surface area contributed by atoms with Crippen LogP contribution in [0, 0.1) is 13.8 Å². The smallest absolute Gasteiger partial charge is 0.364 e. The summed E-state index contributed by atoms with van der Waals surface area (Å²) in [6, 6.07) is 21.5. The van der Waals surface area contributed by atoms with Crippen molar-refractivity contribution >= 4 is 16.7 Å². The molecular weight excluding hydrogens is 352 g/mol. The number of hydrogen-bond donors (Lipinski definition) is 0. The highest BCUT2D eigenvalue weighted by atomic mass is 16.5. The number of fused-ring (bicyclic) bond motifs is 1. The summed E-state index contributed by atoms with van der Waals surface area (Å²) in [4.78, 5) is 25.9. The lowest BCUT2D eigenvalue weighted by Gasteiger charge is -2.12. The Morgan fingerprint density at radius 3 is 2.29 bits per heavy atom. The molecule has 138 valence electrons. The summed E-state index contributed by atoms with van der Waals surface area (Å²) >= 11 is 0. The fourth-order valence-corrected chi connectivity index (χ4v) is 3.15. The van der Waals surface area contributed by atoms with Crippen molar-refractivity contribution in [3.05, 3.63) is 100.0 Å². The van der Waals surface area contributed by atoms with Crippen molar-refractivity contribution in [2.75, 3.05) is 0 Å². The van der Waals surface area contributed by atoms with Crippen LogP contribution in [-0.4, -0.2) is 15.7 Å². The van der Waals surface area contributed by atoms with E-state index in [4.69, 9.17) is 4.74 Å². The topological polar surface area (TPSA) is 61.2 Å². The minimum atomic E-state index is -0.604. The molecule has 4 rings (SSSR count). The minimum absolute atomic E-state index is 0.0963. The van der Waals surface area contributed by atoms with Crippen LogP contribution in [0.15, 0.2) is 77.6 Å². The molecule has 0 aliphatic rings. The summed E-state index contributed by atoms with van der Waals surface area (Å²) in [6.45, 7) is 3.86. The fourth-order valence-electron chi connectivity index (χ4n) is 3.15. The maximum absolute atomic E-state index is 13.0. The van der Waals surface area contributed by atoms with E-state index < -0.39 is 5.97 Å².